The number of imidazole rings is 1. The molecule has 0 aliphatic carbocycles. The third-order valence-electron chi connectivity index (χ3n) is 3.78. The molecule has 1 radical (unpaired) electrons. The Morgan fingerprint density at radius 3 is 2.50 bits per heavy atom. The van der Waals surface area contributed by atoms with E-state index in [0.29, 0.717) is 0 Å². The van der Waals surface area contributed by atoms with Crippen LogP contribution in [-0.2, 0) is 31.6 Å². The summed E-state index contributed by atoms with van der Waals surface area (Å²) in [7, 11) is -16.6. The molecule has 2 aromatic rings. The van der Waals surface area contributed by atoms with Crippen molar-refractivity contribution in [3.63, 3.8) is 0 Å². The van der Waals surface area contributed by atoms with Crippen molar-refractivity contribution >= 4 is 70.1 Å². The molecule has 3 heterocycles. The summed E-state index contributed by atoms with van der Waals surface area (Å²) in [5.41, 5.74) is 4.89. The van der Waals surface area contributed by atoms with Crippen molar-refractivity contribution in [3.05, 3.63) is 16.7 Å². The molecule has 1 aliphatic rings. The third kappa shape index (κ3) is 6.99. The Labute approximate surface area is 199 Å². The van der Waals surface area contributed by atoms with Crippen molar-refractivity contribution in [2.24, 2.45) is 0 Å². The largest absolute Gasteiger partial charge is 0.490 e. The second kappa shape index (κ2) is 10.00. The summed E-state index contributed by atoms with van der Waals surface area (Å²) in [6, 6.07) is 0. The van der Waals surface area contributed by atoms with Gasteiger partial charge in [-0.1, -0.05) is 0 Å². The van der Waals surface area contributed by atoms with Gasteiger partial charge in [0.1, 0.15) is 12.3 Å². The molecule has 0 aromatic carbocycles. The van der Waals surface area contributed by atoms with Crippen molar-refractivity contribution in [2.45, 2.75) is 24.9 Å². The molecule has 1 aliphatic heterocycles. The van der Waals surface area contributed by atoms with Gasteiger partial charge in [-0.05, 0) is 0 Å². The molecule has 0 spiro atoms. The molecular weight excluding hydrogens is 514 g/mol. The smallest absolute Gasteiger partial charge is 0.390 e. The zero-order chi connectivity index (χ0) is 23.2. The van der Waals surface area contributed by atoms with Crippen LogP contribution in [0.1, 0.15) is 12.6 Å². The zero-order valence-corrected chi connectivity index (χ0v) is 20.7. The average Bonchev–Trinajstić information content (AvgIpc) is 3.13. The van der Waals surface area contributed by atoms with Crippen molar-refractivity contribution in [1.82, 2.24) is 19.5 Å². The van der Waals surface area contributed by atoms with E-state index in [1.165, 1.54) is 10.9 Å². The first-order chi connectivity index (χ1) is 14.2. The fraction of sp³-hybridized carbons (Fsp3) is 0.500. The summed E-state index contributed by atoms with van der Waals surface area (Å²) in [5, 5.41) is 10.1. The summed E-state index contributed by atoms with van der Waals surface area (Å²) >= 11 is 0. The van der Waals surface area contributed by atoms with E-state index >= 15 is 0 Å². The number of aliphatic hydroxyl groups excluding tert-OH is 1. The maximum absolute atomic E-state index is 11.8. The molecule has 8 N–H and O–H groups in total. The van der Waals surface area contributed by atoms with Crippen molar-refractivity contribution in [1.29, 1.82) is 0 Å². The van der Waals surface area contributed by atoms with E-state index in [9.17, 15) is 28.5 Å². The van der Waals surface area contributed by atoms with Gasteiger partial charge in [-0.25, -0.2) is 18.7 Å². The summed E-state index contributed by atoms with van der Waals surface area (Å²) in [4.78, 5) is 57.5. The molecule has 0 saturated carbocycles. The number of aliphatic hydroxyl groups is 1. The number of ether oxygens (including phenoxy) is 1. The standard InChI is InChI=1S/C10H16N5O13P3.Na/c11-10-13-8-7(9(17)14-10)12-3-15(8)6-1-4(16)5(26-6)2-25-30(21,22)28-31(23,24)27-29(18,19)20;/h3-6,16H,1-2H2,(H,21,22)(H,23,24)(H2,18,19,20)(H3,11,13,14,17);/t4-,5+,6+;/m0./s1. The van der Waals surface area contributed by atoms with Crippen LogP contribution in [0.2, 0.25) is 0 Å². The van der Waals surface area contributed by atoms with Crippen molar-refractivity contribution in [3.8, 4) is 0 Å². The van der Waals surface area contributed by atoms with Crippen LogP contribution in [0.4, 0.5) is 5.95 Å². The monoisotopic (exact) mass is 530 g/mol. The van der Waals surface area contributed by atoms with Gasteiger partial charge in [0.2, 0.25) is 5.95 Å². The first-order valence-electron chi connectivity index (χ1n) is 8.00. The number of phosphoric acid groups is 3. The number of nitrogens with one attached hydrogen (secondary N) is 1. The average molecular weight is 530 g/mol. The van der Waals surface area contributed by atoms with Crippen LogP contribution in [0.3, 0.4) is 0 Å². The topological polar surface area (TPSA) is 279 Å². The Morgan fingerprint density at radius 1 is 1.22 bits per heavy atom. The number of aromatic nitrogens is 4. The van der Waals surface area contributed by atoms with Gasteiger partial charge in [-0.2, -0.15) is 13.6 Å². The van der Waals surface area contributed by atoms with Crippen LogP contribution in [0.25, 0.3) is 11.2 Å². The maximum Gasteiger partial charge on any atom is 0.490 e. The minimum absolute atomic E-state index is 0. The molecule has 18 nitrogen and oxygen atoms in total. The Bertz CT molecular complexity index is 1180. The summed E-state index contributed by atoms with van der Waals surface area (Å²) in [5.74, 6) is -0.193. The molecule has 22 heteroatoms. The summed E-state index contributed by atoms with van der Waals surface area (Å²) in [6.07, 6.45) is -2.36. The quantitative estimate of drug-likeness (QED) is 0.148. The number of fused-ring (bicyclic) bond motifs is 1. The van der Waals surface area contributed by atoms with Crippen molar-refractivity contribution in [2.75, 3.05) is 12.3 Å². The van der Waals surface area contributed by atoms with Crippen LogP contribution in [0.15, 0.2) is 11.1 Å². The minimum atomic E-state index is -5.67. The van der Waals surface area contributed by atoms with Crippen LogP contribution in [0, 0.1) is 0 Å². The molecule has 0 bridgehead atoms. The number of nitrogens with two attached hydrogens (primary N) is 1. The van der Waals surface area contributed by atoms with Crippen LogP contribution in [-0.4, -0.2) is 92.6 Å². The molecule has 2 unspecified atom stereocenters. The molecule has 0 amide bonds. The van der Waals surface area contributed by atoms with Gasteiger partial charge >= 0.3 is 23.5 Å². The van der Waals surface area contributed by atoms with Crippen LogP contribution in [0.5, 0.6) is 0 Å². The van der Waals surface area contributed by atoms with Gasteiger partial charge in [-0.15, -0.1) is 0 Å². The zero-order valence-electron chi connectivity index (χ0n) is 16.0. The van der Waals surface area contributed by atoms with Gasteiger partial charge in [0, 0.05) is 36.0 Å². The van der Waals surface area contributed by atoms with E-state index in [1.54, 1.807) is 0 Å². The normalized spacial score (nSPS) is 25.2. The number of hydrogen-bond donors (Lipinski definition) is 7. The Morgan fingerprint density at radius 2 is 1.88 bits per heavy atom. The Kier molecular flexibility index (Phi) is 8.66. The first-order valence-corrected chi connectivity index (χ1v) is 12.5. The molecular formula is C10H16N5NaO13P3. The Balaban J connectivity index is 0.00000363. The number of rotatable bonds is 8. The molecule has 32 heavy (non-hydrogen) atoms. The van der Waals surface area contributed by atoms with E-state index in [2.05, 4.69) is 28.1 Å². The number of nitrogens with zero attached hydrogens (tertiary/aromatic N) is 3. The van der Waals surface area contributed by atoms with E-state index in [0.717, 1.165) is 0 Å². The van der Waals surface area contributed by atoms with Gasteiger partial charge in [0.25, 0.3) is 5.56 Å². The summed E-state index contributed by atoms with van der Waals surface area (Å²) < 4.78 is 52.1. The Hall–Kier alpha value is -0.520. The molecule has 3 rings (SSSR count). The number of anilines is 1. The molecule has 2 aromatic heterocycles. The molecule has 1 fully saturated rings. The number of H-pyrrole nitrogens is 1. The number of phosphoric ester groups is 1. The van der Waals surface area contributed by atoms with Gasteiger partial charge in [0.15, 0.2) is 11.2 Å². The predicted molar refractivity (Wildman–Crippen MR) is 103 cm³/mol. The van der Waals surface area contributed by atoms with Gasteiger partial charge in [0.05, 0.1) is 19.0 Å². The molecule has 175 valence electrons. The van der Waals surface area contributed by atoms with E-state index in [1.807, 2.05) is 0 Å². The number of aromatic amines is 1. The van der Waals surface area contributed by atoms with E-state index < -0.39 is 54.1 Å². The minimum Gasteiger partial charge on any atom is -0.390 e. The fourth-order valence-electron chi connectivity index (χ4n) is 2.66. The van der Waals surface area contributed by atoms with E-state index in [-0.39, 0.29) is 53.1 Å². The fourth-order valence-corrected chi connectivity index (χ4v) is 5.69. The van der Waals surface area contributed by atoms with E-state index in [4.69, 9.17) is 25.2 Å². The van der Waals surface area contributed by atoms with Crippen LogP contribution < -0.4 is 11.3 Å². The number of nitrogen functional groups attached to an aromatic ring is 1. The van der Waals surface area contributed by atoms with Gasteiger partial charge < -0.3 is 35.2 Å². The third-order valence-corrected chi connectivity index (χ3v) is 7.59. The first kappa shape index (κ1) is 27.7. The second-order valence-electron chi connectivity index (χ2n) is 6.09. The van der Waals surface area contributed by atoms with Crippen molar-refractivity contribution < 1.29 is 56.3 Å². The SMILES string of the molecule is Nc1nc2c(ncn2[C@H]2C[C@H](O)[C@@H](COP(=O)(O)OP(=O)(O)OP(=O)(O)O)O2)c(=O)[nH]1.[Na]. The number of hydrogen-bond acceptors (Lipinski definition) is 12. The summed E-state index contributed by atoms with van der Waals surface area (Å²) in [6.45, 7) is -0.843. The second-order valence-corrected chi connectivity index (χ2v) is 10.5. The molecule has 1 saturated heterocycles. The molecule has 5 atom stereocenters. The predicted octanol–water partition coefficient (Wildman–Crippen LogP) is -1.69. The van der Waals surface area contributed by atoms with Gasteiger partial charge in [-0.3, -0.25) is 18.9 Å². The van der Waals surface area contributed by atoms with Crippen LogP contribution >= 0.6 is 23.5 Å². The maximum atomic E-state index is 11.8.